The third kappa shape index (κ3) is 5.33. The van der Waals surface area contributed by atoms with Crippen molar-refractivity contribution in [2.75, 3.05) is 4.90 Å². The lowest BCUT2D eigenvalue weighted by atomic mass is 10.1. The SMILES string of the molecule is O=C1NC(=O)N(c2cccc(Cl)c2)C(=O)/C1=C/c1cc(Cl)ccc1OS(=O)(=O)c1ccc(Cl)cc1. The Morgan fingerprint density at radius 2 is 1.49 bits per heavy atom. The van der Waals surface area contributed by atoms with Gasteiger partial charge in [0.05, 0.1) is 5.69 Å². The highest BCUT2D eigenvalue weighted by Gasteiger charge is 2.37. The molecule has 0 saturated carbocycles. The first-order chi connectivity index (χ1) is 16.5. The molecule has 12 heteroatoms. The largest absolute Gasteiger partial charge is 0.378 e. The molecule has 0 spiro atoms. The maximum Gasteiger partial charge on any atom is 0.339 e. The van der Waals surface area contributed by atoms with Crippen LogP contribution in [0.4, 0.5) is 10.5 Å². The summed E-state index contributed by atoms with van der Waals surface area (Å²) in [5, 5.41) is 2.85. The van der Waals surface area contributed by atoms with Crippen molar-refractivity contribution < 1.29 is 27.0 Å². The average molecular weight is 552 g/mol. The van der Waals surface area contributed by atoms with E-state index < -0.39 is 33.5 Å². The van der Waals surface area contributed by atoms with E-state index >= 15 is 0 Å². The number of anilines is 1. The van der Waals surface area contributed by atoms with E-state index in [2.05, 4.69) is 5.32 Å². The quantitative estimate of drug-likeness (QED) is 0.269. The molecule has 4 amide bonds. The van der Waals surface area contributed by atoms with Crippen LogP contribution in [0, 0.1) is 0 Å². The monoisotopic (exact) mass is 550 g/mol. The summed E-state index contributed by atoms with van der Waals surface area (Å²) in [6.45, 7) is 0. The average Bonchev–Trinajstić information content (AvgIpc) is 2.78. The van der Waals surface area contributed by atoms with Gasteiger partial charge in [-0.05, 0) is 66.7 Å². The smallest absolute Gasteiger partial charge is 0.339 e. The Labute approximate surface area is 214 Å². The van der Waals surface area contributed by atoms with Crippen molar-refractivity contribution in [2.45, 2.75) is 4.90 Å². The molecule has 35 heavy (non-hydrogen) atoms. The fourth-order valence-electron chi connectivity index (χ4n) is 3.14. The lowest BCUT2D eigenvalue weighted by Gasteiger charge is -2.26. The summed E-state index contributed by atoms with van der Waals surface area (Å²) >= 11 is 17.8. The van der Waals surface area contributed by atoms with Gasteiger partial charge in [0.25, 0.3) is 11.8 Å². The molecule has 8 nitrogen and oxygen atoms in total. The third-order valence-electron chi connectivity index (χ3n) is 4.74. The molecule has 1 saturated heterocycles. The van der Waals surface area contributed by atoms with Gasteiger partial charge >= 0.3 is 16.1 Å². The number of carbonyl (C=O) groups is 3. The molecule has 3 aromatic rings. The number of urea groups is 1. The number of halogens is 3. The van der Waals surface area contributed by atoms with Gasteiger partial charge in [-0.2, -0.15) is 8.42 Å². The van der Waals surface area contributed by atoms with E-state index in [0.717, 1.165) is 11.0 Å². The van der Waals surface area contributed by atoms with Crippen molar-refractivity contribution in [2.24, 2.45) is 0 Å². The van der Waals surface area contributed by atoms with Crippen LogP contribution in [0.5, 0.6) is 5.75 Å². The Morgan fingerprint density at radius 1 is 0.829 bits per heavy atom. The van der Waals surface area contributed by atoms with Gasteiger partial charge in [-0.3, -0.25) is 14.9 Å². The molecule has 1 N–H and O–H groups in total. The van der Waals surface area contributed by atoms with Gasteiger partial charge in [0, 0.05) is 20.6 Å². The van der Waals surface area contributed by atoms with Crippen LogP contribution in [0.15, 0.2) is 77.2 Å². The van der Waals surface area contributed by atoms with E-state index in [-0.39, 0.29) is 31.9 Å². The highest BCUT2D eigenvalue weighted by Crippen LogP contribution is 2.30. The Morgan fingerprint density at radius 3 is 2.17 bits per heavy atom. The van der Waals surface area contributed by atoms with Crippen molar-refractivity contribution in [3.8, 4) is 5.75 Å². The zero-order valence-corrected chi connectivity index (χ0v) is 20.5. The van der Waals surface area contributed by atoms with Crippen molar-refractivity contribution in [3.63, 3.8) is 0 Å². The Balaban J connectivity index is 1.75. The van der Waals surface area contributed by atoms with Gasteiger partial charge in [-0.25, -0.2) is 9.69 Å². The Kier molecular flexibility index (Phi) is 6.86. The van der Waals surface area contributed by atoms with Crippen LogP contribution in [0.3, 0.4) is 0 Å². The van der Waals surface area contributed by atoms with E-state index in [4.69, 9.17) is 39.0 Å². The summed E-state index contributed by atoms with van der Waals surface area (Å²) in [7, 11) is -4.30. The minimum absolute atomic E-state index is 0.00827. The number of nitrogens with zero attached hydrogens (tertiary/aromatic N) is 1. The molecular formula is C23H13Cl3N2O6S. The third-order valence-corrected chi connectivity index (χ3v) is 6.71. The van der Waals surface area contributed by atoms with E-state index in [9.17, 15) is 22.8 Å². The zero-order chi connectivity index (χ0) is 25.3. The summed E-state index contributed by atoms with van der Waals surface area (Å²) in [6.07, 6.45) is 1.08. The normalized spacial score (nSPS) is 15.3. The molecule has 4 rings (SSSR count). The van der Waals surface area contributed by atoms with Crippen LogP contribution in [0.25, 0.3) is 6.08 Å². The number of imide groups is 2. The van der Waals surface area contributed by atoms with Crippen LogP contribution in [-0.4, -0.2) is 26.3 Å². The molecule has 0 atom stereocenters. The van der Waals surface area contributed by atoms with E-state index in [1.807, 2.05) is 0 Å². The number of benzene rings is 3. The first kappa shape index (κ1) is 24.7. The summed E-state index contributed by atoms with van der Waals surface area (Å²) < 4.78 is 30.8. The standard InChI is InChI=1S/C23H13Cl3N2O6S/c24-14-4-7-18(8-5-14)35(32,33)34-20-9-6-16(26)10-13(20)11-19-21(29)27-23(31)28(22(19)30)17-3-1-2-15(25)12-17/h1-12H,(H,27,29,31)/b19-11+. The molecule has 0 bridgehead atoms. The molecule has 3 aromatic carbocycles. The second-order valence-electron chi connectivity index (χ2n) is 7.11. The van der Waals surface area contributed by atoms with Crippen molar-refractivity contribution in [3.05, 3.63) is 92.9 Å². The molecule has 0 aromatic heterocycles. The second-order valence-corrected chi connectivity index (χ2v) is 9.97. The fourth-order valence-corrected chi connectivity index (χ4v) is 4.58. The number of hydrogen-bond donors (Lipinski definition) is 1. The molecular weight excluding hydrogens is 539 g/mol. The Hall–Kier alpha value is -3.37. The molecule has 1 heterocycles. The molecule has 1 aliphatic rings. The molecule has 0 aliphatic carbocycles. The lowest BCUT2D eigenvalue weighted by Crippen LogP contribution is -2.54. The topological polar surface area (TPSA) is 110 Å². The lowest BCUT2D eigenvalue weighted by molar-refractivity contribution is -0.122. The van der Waals surface area contributed by atoms with Crippen molar-refractivity contribution in [1.82, 2.24) is 5.32 Å². The second kappa shape index (κ2) is 9.71. The predicted octanol–water partition coefficient (Wildman–Crippen LogP) is 5.08. The van der Waals surface area contributed by atoms with Crippen molar-refractivity contribution >= 4 is 74.5 Å². The zero-order valence-electron chi connectivity index (χ0n) is 17.4. The number of hydrogen-bond acceptors (Lipinski definition) is 6. The molecule has 0 unspecified atom stereocenters. The van der Waals surface area contributed by atoms with E-state index in [0.29, 0.717) is 5.02 Å². The van der Waals surface area contributed by atoms with Gasteiger partial charge < -0.3 is 4.18 Å². The fraction of sp³-hybridized carbons (Fsp3) is 0. The van der Waals surface area contributed by atoms with Gasteiger partial charge in [-0.1, -0.05) is 40.9 Å². The number of carbonyl (C=O) groups excluding carboxylic acids is 3. The van der Waals surface area contributed by atoms with E-state index in [1.54, 1.807) is 6.07 Å². The highest BCUT2D eigenvalue weighted by atomic mass is 35.5. The van der Waals surface area contributed by atoms with Crippen LogP contribution in [-0.2, 0) is 19.7 Å². The van der Waals surface area contributed by atoms with Gasteiger partial charge in [0.2, 0.25) is 0 Å². The summed E-state index contributed by atoms with van der Waals surface area (Å²) in [4.78, 5) is 38.6. The first-order valence-electron chi connectivity index (χ1n) is 9.72. The molecule has 1 aliphatic heterocycles. The first-order valence-corrected chi connectivity index (χ1v) is 12.3. The summed E-state index contributed by atoms with van der Waals surface area (Å²) in [6, 6.07) is 14.2. The summed E-state index contributed by atoms with van der Waals surface area (Å²) in [5.74, 6) is -2.14. The Bertz CT molecular complexity index is 1500. The van der Waals surface area contributed by atoms with Crippen LogP contribution < -0.4 is 14.4 Å². The molecule has 178 valence electrons. The van der Waals surface area contributed by atoms with Crippen LogP contribution >= 0.6 is 34.8 Å². The number of nitrogens with one attached hydrogen (secondary N) is 1. The van der Waals surface area contributed by atoms with Gasteiger partial charge in [0.15, 0.2) is 0 Å². The van der Waals surface area contributed by atoms with Crippen LogP contribution in [0.2, 0.25) is 15.1 Å². The number of barbiturate groups is 1. The molecule has 0 radical (unpaired) electrons. The van der Waals surface area contributed by atoms with Gasteiger partial charge in [0.1, 0.15) is 16.2 Å². The number of rotatable bonds is 5. The van der Waals surface area contributed by atoms with Gasteiger partial charge in [-0.15, -0.1) is 0 Å². The maximum absolute atomic E-state index is 13.1. The maximum atomic E-state index is 13.1. The minimum atomic E-state index is -4.30. The molecule has 1 fully saturated rings. The summed E-state index contributed by atoms with van der Waals surface area (Å²) in [5.41, 5.74) is -0.319. The minimum Gasteiger partial charge on any atom is -0.378 e. The predicted molar refractivity (Wildman–Crippen MR) is 131 cm³/mol. The number of amides is 4. The highest BCUT2D eigenvalue weighted by molar-refractivity contribution is 7.87. The van der Waals surface area contributed by atoms with E-state index in [1.165, 1.54) is 60.7 Å². The van der Waals surface area contributed by atoms with Crippen molar-refractivity contribution in [1.29, 1.82) is 0 Å². The van der Waals surface area contributed by atoms with Crippen LogP contribution in [0.1, 0.15) is 5.56 Å².